The van der Waals surface area contributed by atoms with Gasteiger partial charge in [0.25, 0.3) is 0 Å². The average Bonchev–Trinajstić information content (AvgIpc) is 2.46. The first-order valence-electron chi connectivity index (χ1n) is 7.25. The van der Waals surface area contributed by atoms with E-state index in [0.717, 1.165) is 45.2 Å². The number of nitrogens with zero attached hydrogens (tertiary/aromatic N) is 1. The number of piperidine rings is 1. The number of hydrogen-bond donors (Lipinski definition) is 1. The van der Waals surface area contributed by atoms with Crippen LogP contribution in [-0.2, 0) is 14.3 Å². The van der Waals surface area contributed by atoms with Crippen molar-refractivity contribution in [2.45, 2.75) is 38.5 Å². The molecule has 1 N–H and O–H groups in total. The minimum Gasteiger partial charge on any atom is -0.481 e. The van der Waals surface area contributed by atoms with Gasteiger partial charge in [0.1, 0.15) is 0 Å². The highest BCUT2D eigenvalue weighted by molar-refractivity contribution is 5.79. The molecule has 5 heteroatoms. The summed E-state index contributed by atoms with van der Waals surface area (Å²) in [6.45, 7) is 2.98. The van der Waals surface area contributed by atoms with Crippen LogP contribution in [0.5, 0.6) is 0 Å². The molecule has 2 aliphatic heterocycles. The first-order valence-corrected chi connectivity index (χ1v) is 7.25. The third-order valence-electron chi connectivity index (χ3n) is 4.26. The summed E-state index contributed by atoms with van der Waals surface area (Å²) in [5.74, 6) is 0.167. The Morgan fingerprint density at radius 3 is 2.32 bits per heavy atom. The number of carbonyl (C=O) groups is 2. The van der Waals surface area contributed by atoms with Crippen LogP contribution < -0.4 is 0 Å². The second-order valence-corrected chi connectivity index (χ2v) is 5.59. The highest BCUT2D eigenvalue weighted by Gasteiger charge is 2.29. The van der Waals surface area contributed by atoms with E-state index >= 15 is 0 Å². The van der Waals surface area contributed by atoms with Crippen LogP contribution in [0.3, 0.4) is 0 Å². The molecule has 0 aliphatic carbocycles. The number of rotatable bonds is 4. The van der Waals surface area contributed by atoms with E-state index in [-0.39, 0.29) is 18.2 Å². The molecule has 2 fully saturated rings. The Morgan fingerprint density at radius 2 is 1.74 bits per heavy atom. The fraction of sp³-hybridized carbons (Fsp3) is 0.857. The topological polar surface area (TPSA) is 66.8 Å². The fourth-order valence-electron chi connectivity index (χ4n) is 2.97. The number of carboxylic acid groups (broad SMARTS) is 1. The molecule has 19 heavy (non-hydrogen) atoms. The van der Waals surface area contributed by atoms with Crippen LogP contribution in [0.1, 0.15) is 38.5 Å². The highest BCUT2D eigenvalue weighted by Crippen LogP contribution is 2.25. The van der Waals surface area contributed by atoms with Gasteiger partial charge in [0.05, 0.1) is 0 Å². The predicted molar refractivity (Wildman–Crippen MR) is 69.7 cm³/mol. The van der Waals surface area contributed by atoms with Crippen LogP contribution >= 0.6 is 0 Å². The molecule has 0 aromatic heterocycles. The summed E-state index contributed by atoms with van der Waals surface area (Å²) in [5, 5.41) is 8.68. The van der Waals surface area contributed by atoms with Crippen molar-refractivity contribution < 1.29 is 19.4 Å². The zero-order valence-electron chi connectivity index (χ0n) is 11.3. The number of amides is 1. The standard InChI is InChI=1S/C14H23NO4/c16-13(17)2-1-11-3-7-15(8-4-11)14(18)12-5-9-19-10-6-12/h11-12H,1-10H2,(H,16,17). The van der Waals surface area contributed by atoms with E-state index in [1.54, 1.807) is 0 Å². The molecule has 0 saturated carbocycles. The Labute approximate surface area is 113 Å². The van der Waals surface area contributed by atoms with Crippen LogP contribution in [0.25, 0.3) is 0 Å². The lowest BCUT2D eigenvalue weighted by Crippen LogP contribution is -2.43. The van der Waals surface area contributed by atoms with Crippen molar-refractivity contribution in [3.63, 3.8) is 0 Å². The molecule has 0 unspecified atom stereocenters. The molecule has 5 nitrogen and oxygen atoms in total. The minimum atomic E-state index is -0.722. The van der Waals surface area contributed by atoms with Crippen LogP contribution in [0.15, 0.2) is 0 Å². The molecule has 2 heterocycles. The normalized spacial score (nSPS) is 22.4. The first kappa shape index (κ1) is 14.3. The van der Waals surface area contributed by atoms with E-state index in [4.69, 9.17) is 9.84 Å². The number of carboxylic acids is 1. The SMILES string of the molecule is O=C(O)CCC1CCN(C(=O)C2CCOCC2)CC1. The number of ether oxygens (including phenoxy) is 1. The summed E-state index contributed by atoms with van der Waals surface area (Å²) in [4.78, 5) is 24.8. The molecular weight excluding hydrogens is 246 g/mol. The minimum absolute atomic E-state index is 0.143. The van der Waals surface area contributed by atoms with E-state index in [0.29, 0.717) is 19.1 Å². The Balaban J connectivity index is 1.72. The maximum atomic E-state index is 12.3. The highest BCUT2D eigenvalue weighted by atomic mass is 16.5. The Morgan fingerprint density at radius 1 is 1.11 bits per heavy atom. The van der Waals surface area contributed by atoms with Gasteiger partial charge in [-0.3, -0.25) is 9.59 Å². The summed E-state index contributed by atoms with van der Waals surface area (Å²) >= 11 is 0. The molecule has 2 rings (SSSR count). The fourth-order valence-corrected chi connectivity index (χ4v) is 2.97. The molecule has 1 amide bonds. The van der Waals surface area contributed by atoms with Crippen LogP contribution in [-0.4, -0.2) is 48.2 Å². The maximum Gasteiger partial charge on any atom is 0.303 e. The van der Waals surface area contributed by atoms with Crippen LogP contribution in [0.4, 0.5) is 0 Å². The largest absolute Gasteiger partial charge is 0.481 e. The van der Waals surface area contributed by atoms with Crippen LogP contribution in [0, 0.1) is 11.8 Å². The molecular formula is C14H23NO4. The number of aliphatic carboxylic acids is 1. The van der Waals surface area contributed by atoms with E-state index in [1.807, 2.05) is 4.90 Å². The summed E-state index contributed by atoms with van der Waals surface area (Å²) < 4.78 is 5.28. The summed E-state index contributed by atoms with van der Waals surface area (Å²) in [5.41, 5.74) is 0. The van der Waals surface area contributed by atoms with Crippen molar-refractivity contribution in [3.05, 3.63) is 0 Å². The lowest BCUT2D eigenvalue weighted by molar-refractivity contribution is -0.141. The van der Waals surface area contributed by atoms with Crippen molar-refractivity contribution >= 4 is 11.9 Å². The van der Waals surface area contributed by atoms with Crippen molar-refractivity contribution in [1.82, 2.24) is 4.90 Å². The number of carbonyl (C=O) groups excluding carboxylic acids is 1. The number of hydrogen-bond acceptors (Lipinski definition) is 3. The van der Waals surface area contributed by atoms with Gasteiger partial charge >= 0.3 is 5.97 Å². The van der Waals surface area contributed by atoms with Gasteiger partial charge in [0.2, 0.25) is 5.91 Å². The smallest absolute Gasteiger partial charge is 0.303 e. The van der Waals surface area contributed by atoms with Gasteiger partial charge in [-0.25, -0.2) is 0 Å². The summed E-state index contributed by atoms with van der Waals surface area (Å²) in [6.07, 6.45) is 4.58. The molecule has 108 valence electrons. The van der Waals surface area contributed by atoms with Crippen molar-refractivity contribution in [2.75, 3.05) is 26.3 Å². The lowest BCUT2D eigenvalue weighted by Gasteiger charge is -2.35. The van der Waals surface area contributed by atoms with E-state index < -0.39 is 5.97 Å². The van der Waals surface area contributed by atoms with Crippen molar-refractivity contribution in [2.24, 2.45) is 11.8 Å². The van der Waals surface area contributed by atoms with Crippen molar-refractivity contribution in [3.8, 4) is 0 Å². The molecule has 2 aliphatic rings. The zero-order chi connectivity index (χ0) is 13.7. The second-order valence-electron chi connectivity index (χ2n) is 5.59. The molecule has 0 radical (unpaired) electrons. The Hall–Kier alpha value is -1.10. The first-order chi connectivity index (χ1) is 9.16. The third kappa shape index (κ3) is 4.20. The molecule has 0 atom stereocenters. The van der Waals surface area contributed by atoms with E-state index in [1.165, 1.54) is 0 Å². The third-order valence-corrected chi connectivity index (χ3v) is 4.26. The summed E-state index contributed by atoms with van der Waals surface area (Å²) in [7, 11) is 0. The van der Waals surface area contributed by atoms with E-state index in [9.17, 15) is 9.59 Å². The van der Waals surface area contributed by atoms with Gasteiger partial charge in [0, 0.05) is 38.6 Å². The van der Waals surface area contributed by atoms with Gasteiger partial charge in [-0.1, -0.05) is 0 Å². The van der Waals surface area contributed by atoms with Gasteiger partial charge in [-0.05, 0) is 38.0 Å². The molecule has 0 spiro atoms. The molecule has 0 aromatic rings. The second kappa shape index (κ2) is 6.89. The van der Waals surface area contributed by atoms with Gasteiger partial charge in [-0.15, -0.1) is 0 Å². The zero-order valence-corrected chi connectivity index (χ0v) is 11.3. The van der Waals surface area contributed by atoms with Gasteiger partial charge < -0.3 is 14.7 Å². The van der Waals surface area contributed by atoms with E-state index in [2.05, 4.69) is 0 Å². The average molecular weight is 269 g/mol. The quantitative estimate of drug-likeness (QED) is 0.840. The Kier molecular flexibility index (Phi) is 5.19. The van der Waals surface area contributed by atoms with Gasteiger partial charge in [-0.2, -0.15) is 0 Å². The molecule has 2 saturated heterocycles. The summed E-state index contributed by atoms with van der Waals surface area (Å²) in [6, 6.07) is 0. The monoisotopic (exact) mass is 269 g/mol. The molecule has 0 aromatic carbocycles. The Bertz CT molecular complexity index is 317. The predicted octanol–water partition coefficient (Wildman–Crippen LogP) is 1.52. The van der Waals surface area contributed by atoms with Crippen LogP contribution in [0.2, 0.25) is 0 Å². The maximum absolute atomic E-state index is 12.3. The van der Waals surface area contributed by atoms with Crippen molar-refractivity contribution in [1.29, 1.82) is 0 Å². The van der Waals surface area contributed by atoms with Gasteiger partial charge in [0.15, 0.2) is 0 Å². The molecule has 0 bridgehead atoms. The lowest BCUT2D eigenvalue weighted by atomic mass is 9.90. The number of likely N-dealkylation sites (tertiary alicyclic amines) is 1.